The van der Waals surface area contributed by atoms with Crippen molar-refractivity contribution in [2.24, 2.45) is 4.99 Å². The third-order valence-corrected chi connectivity index (χ3v) is 6.32. The van der Waals surface area contributed by atoms with Gasteiger partial charge in [-0.3, -0.25) is 14.6 Å². The number of rotatable bonds is 8. The zero-order chi connectivity index (χ0) is 26.4. The van der Waals surface area contributed by atoms with Crippen molar-refractivity contribution in [3.63, 3.8) is 0 Å². The van der Waals surface area contributed by atoms with E-state index in [4.69, 9.17) is 0 Å². The van der Waals surface area contributed by atoms with Crippen LogP contribution in [-0.4, -0.2) is 25.6 Å². The minimum atomic E-state index is -0.208. The molecular formula is C31H30N4O2. The second-order valence-corrected chi connectivity index (χ2v) is 8.82. The molecule has 2 amide bonds. The van der Waals surface area contributed by atoms with Crippen LogP contribution >= 0.6 is 0 Å². The van der Waals surface area contributed by atoms with Gasteiger partial charge in [-0.25, -0.2) is 0 Å². The van der Waals surface area contributed by atoms with Gasteiger partial charge in [0, 0.05) is 30.4 Å². The molecule has 0 spiro atoms. The fraction of sp³-hybridized carbons (Fsp3) is 0.129. The Morgan fingerprint density at radius 1 is 0.784 bits per heavy atom. The SMILES string of the molecule is C=Nc1cc(-c2ccc(CNC(=O)c3ccc(C)c(NC(=O)c4ccccc4C)c3)cc2)ccc1NC. The molecule has 6 heteroatoms. The van der Waals surface area contributed by atoms with E-state index >= 15 is 0 Å². The van der Waals surface area contributed by atoms with Crippen LogP contribution in [0.4, 0.5) is 17.1 Å². The first-order valence-electron chi connectivity index (χ1n) is 12.0. The lowest BCUT2D eigenvalue weighted by atomic mass is 10.0. The third-order valence-electron chi connectivity index (χ3n) is 6.32. The Bertz CT molecular complexity index is 1460. The molecule has 0 fully saturated rings. The van der Waals surface area contributed by atoms with Crippen LogP contribution in [0.2, 0.25) is 0 Å². The Kier molecular flexibility index (Phi) is 7.79. The molecule has 0 atom stereocenters. The lowest BCUT2D eigenvalue weighted by molar-refractivity contribution is 0.0949. The first-order valence-corrected chi connectivity index (χ1v) is 12.0. The predicted octanol–water partition coefficient (Wildman–Crippen LogP) is 6.53. The summed E-state index contributed by atoms with van der Waals surface area (Å²) in [5, 5.41) is 9.01. The Balaban J connectivity index is 1.41. The fourth-order valence-electron chi connectivity index (χ4n) is 4.07. The van der Waals surface area contributed by atoms with E-state index in [0.717, 1.165) is 39.2 Å². The number of amides is 2. The van der Waals surface area contributed by atoms with Gasteiger partial charge in [-0.2, -0.15) is 0 Å². The van der Waals surface area contributed by atoms with Crippen molar-refractivity contribution in [3.8, 4) is 11.1 Å². The molecule has 0 unspecified atom stereocenters. The largest absolute Gasteiger partial charge is 0.386 e. The van der Waals surface area contributed by atoms with Crippen LogP contribution in [0.15, 0.2) is 89.9 Å². The van der Waals surface area contributed by atoms with Gasteiger partial charge in [-0.15, -0.1) is 0 Å². The molecule has 4 aromatic carbocycles. The van der Waals surface area contributed by atoms with E-state index < -0.39 is 0 Å². The number of carbonyl (C=O) groups is 2. The van der Waals surface area contributed by atoms with Crippen LogP contribution < -0.4 is 16.0 Å². The van der Waals surface area contributed by atoms with Gasteiger partial charge < -0.3 is 16.0 Å². The molecule has 0 radical (unpaired) electrons. The Morgan fingerprint density at radius 3 is 2.22 bits per heavy atom. The molecule has 0 saturated heterocycles. The Morgan fingerprint density at radius 2 is 1.51 bits per heavy atom. The monoisotopic (exact) mass is 490 g/mol. The zero-order valence-electron chi connectivity index (χ0n) is 21.3. The third kappa shape index (κ3) is 5.93. The molecule has 4 aromatic rings. The van der Waals surface area contributed by atoms with Crippen LogP contribution in [-0.2, 0) is 6.54 Å². The summed E-state index contributed by atoms with van der Waals surface area (Å²) in [4.78, 5) is 29.7. The minimum absolute atomic E-state index is 0.199. The summed E-state index contributed by atoms with van der Waals surface area (Å²) in [5.74, 6) is -0.407. The summed E-state index contributed by atoms with van der Waals surface area (Å²) >= 11 is 0. The molecule has 186 valence electrons. The number of carbonyl (C=O) groups excluding carboxylic acids is 2. The Labute approximate surface area is 217 Å². The molecule has 6 nitrogen and oxygen atoms in total. The van der Waals surface area contributed by atoms with Gasteiger partial charge >= 0.3 is 0 Å². The molecule has 0 aliphatic rings. The van der Waals surface area contributed by atoms with Crippen molar-refractivity contribution in [2.75, 3.05) is 17.7 Å². The average Bonchev–Trinajstić information content (AvgIpc) is 2.93. The van der Waals surface area contributed by atoms with E-state index in [1.165, 1.54) is 0 Å². The zero-order valence-corrected chi connectivity index (χ0v) is 21.3. The number of hydrogen-bond donors (Lipinski definition) is 3. The lowest BCUT2D eigenvalue weighted by Crippen LogP contribution is -2.23. The maximum absolute atomic E-state index is 12.9. The van der Waals surface area contributed by atoms with Crippen LogP contribution in [0.3, 0.4) is 0 Å². The van der Waals surface area contributed by atoms with Crippen molar-refractivity contribution in [1.82, 2.24) is 5.32 Å². The van der Waals surface area contributed by atoms with Crippen molar-refractivity contribution in [2.45, 2.75) is 20.4 Å². The smallest absolute Gasteiger partial charge is 0.255 e. The molecule has 0 aliphatic carbocycles. The highest BCUT2D eigenvalue weighted by molar-refractivity contribution is 6.06. The topological polar surface area (TPSA) is 82.6 Å². The summed E-state index contributed by atoms with van der Waals surface area (Å²) in [5.41, 5.74) is 8.26. The van der Waals surface area contributed by atoms with E-state index in [1.807, 2.05) is 87.6 Å². The van der Waals surface area contributed by atoms with E-state index in [9.17, 15) is 9.59 Å². The first-order chi connectivity index (χ1) is 17.9. The van der Waals surface area contributed by atoms with Gasteiger partial charge in [0.2, 0.25) is 0 Å². The van der Waals surface area contributed by atoms with Gasteiger partial charge in [-0.05, 0) is 78.7 Å². The average molecular weight is 491 g/mol. The number of aryl methyl sites for hydroxylation is 2. The molecule has 0 aliphatic heterocycles. The molecule has 4 rings (SSSR count). The number of nitrogens with zero attached hydrogens (tertiary/aromatic N) is 1. The van der Waals surface area contributed by atoms with Crippen molar-refractivity contribution < 1.29 is 9.59 Å². The predicted molar refractivity (Wildman–Crippen MR) is 152 cm³/mol. The standard InChI is InChI=1S/C31H30N4O2/c1-20-7-5-6-8-26(20)31(37)35-28-18-25(12-9-21(28)2)30(36)34-19-22-10-13-23(14-11-22)24-15-16-27(32-3)29(17-24)33-4/h5-18,32H,4,19H2,1-3H3,(H,34,36)(H,35,37). The molecule has 0 aromatic heterocycles. The first kappa shape index (κ1) is 25.4. The maximum Gasteiger partial charge on any atom is 0.255 e. The van der Waals surface area contributed by atoms with E-state index in [0.29, 0.717) is 23.4 Å². The summed E-state index contributed by atoms with van der Waals surface area (Å²) in [7, 11) is 1.85. The number of anilines is 2. The highest BCUT2D eigenvalue weighted by atomic mass is 16.2. The Hall–Kier alpha value is -4.71. The van der Waals surface area contributed by atoms with Crippen LogP contribution in [0.5, 0.6) is 0 Å². The van der Waals surface area contributed by atoms with Gasteiger partial charge in [0.25, 0.3) is 11.8 Å². The van der Waals surface area contributed by atoms with E-state index in [1.54, 1.807) is 18.2 Å². The van der Waals surface area contributed by atoms with Gasteiger partial charge in [0.05, 0.1) is 11.4 Å². The van der Waals surface area contributed by atoms with Crippen LogP contribution in [0, 0.1) is 13.8 Å². The van der Waals surface area contributed by atoms with E-state index in [2.05, 4.69) is 27.7 Å². The fourth-order valence-corrected chi connectivity index (χ4v) is 4.07. The highest BCUT2D eigenvalue weighted by Gasteiger charge is 2.13. The molecular weight excluding hydrogens is 460 g/mol. The molecule has 0 saturated carbocycles. The number of aliphatic imine (C=N–C) groups is 1. The van der Waals surface area contributed by atoms with Crippen molar-refractivity contribution in [1.29, 1.82) is 0 Å². The minimum Gasteiger partial charge on any atom is -0.386 e. The molecule has 0 bridgehead atoms. The second kappa shape index (κ2) is 11.4. The highest BCUT2D eigenvalue weighted by Crippen LogP contribution is 2.30. The summed E-state index contributed by atoms with van der Waals surface area (Å²) in [6.07, 6.45) is 0. The van der Waals surface area contributed by atoms with Crippen LogP contribution in [0.1, 0.15) is 37.4 Å². The van der Waals surface area contributed by atoms with Crippen LogP contribution in [0.25, 0.3) is 11.1 Å². The maximum atomic E-state index is 12.9. The molecule has 0 heterocycles. The number of hydrogen-bond acceptors (Lipinski definition) is 4. The summed E-state index contributed by atoms with van der Waals surface area (Å²) in [6.45, 7) is 7.83. The number of nitrogens with one attached hydrogen (secondary N) is 3. The normalized spacial score (nSPS) is 10.5. The summed E-state index contributed by atoms with van der Waals surface area (Å²) in [6, 6.07) is 26.7. The summed E-state index contributed by atoms with van der Waals surface area (Å²) < 4.78 is 0. The second-order valence-electron chi connectivity index (χ2n) is 8.82. The number of benzene rings is 4. The molecule has 3 N–H and O–H groups in total. The van der Waals surface area contributed by atoms with E-state index in [-0.39, 0.29) is 11.8 Å². The van der Waals surface area contributed by atoms with Gasteiger partial charge in [-0.1, -0.05) is 54.6 Å². The van der Waals surface area contributed by atoms with Crippen molar-refractivity contribution >= 4 is 35.6 Å². The molecule has 37 heavy (non-hydrogen) atoms. The van der Waals surface area contributed by atoms with Crippen molar-refractivity contribution in [3.05, 3.63) is 113 Å². The quantitative estimate of drug-likeness (QED) is 0.246. The lowest BCUT2D eigenvalue weighted by Gasteiger charge is -2.12. The van der Waals surface area contributed by atoms with Gasteiger partial charge in [0.1, 0.15) is 0 Å². The van der Waals surface area contributed by atoms with Gasteiger partial charge in [0.15, 0.2) is 0 Å².